The minimum atomic E-state index is 1.12. The van der Waals surface area contributed by atoms with Crippen molar-refractivity contribution in [2.24, 2.45) is 0 Å². The molecule has 0 amide bonds. The second-order valence-corrected chi connectivity index (χ2v) is 4.36. The van der Waals surface area contributed by atoms with Crippen LogP contribution in [0.15, 0.2) is 24.3 Å². The lowest BCUT2D eigenvalue weighted by Gasteiger charge is -2.14. The fraction of sp³-hybridized carbons (Fsp3) is 0.375. The van der Waals surface area contributed by atoms with E-state index in [1.807, 2.05) is 0 Å². The van der Waals surface area contributed by atoms with Crippen molar-refractivity contribution in [3.63, 3.8) is 0 Å². The average Bonchev–Trinajstić information content (AvgIpc) is 2.30. The first-order valence-corrected chi connectivity index (χ1v) is 6.20. The maximum atomic E-state index is 3.52. The molecule has 0 unspecified atom stereocenters. The van der Waals surface area contributed by atoms with E-state index in [0.717, 1.165) is 6.42 Å². The zero-order valence-corrected chi connectivity index (χ0v) is 10.4. The first kappa shape index (κ1) is 11.2. The van der Waals surface area contributed by atoms with Gasteiger partial charge in [-0.05, 0) is 53.3 Å². The molecule has 1 radical (unpaired) electrons. The summed E-state index contributed by atoms with van der Waals surface area (Å²) in [6, 6.07) is 12.1. The maximum Gasteiger partial charge on any atom is -0.00642 e. The van der Waals surface area contributed by atoms with Gasteiger partial charge in [-0.1, -0.05) is 44.5 Å². The van der Waals surface area contributed by atoms with Gasteiger partial charge in [0.2, 0.25) is 0 Å². The van der Waals surface area contributed by atoms with Crippen LogP contribution in [0, 0.1) is 13.0 Å². The highest BCUT2D eigenvalue weighted by Gasteiger charge is 2.08. The molecule has 0 bridgehead atoms. The van der Waals surface area contributed by atoms with E-state index < -0.39 is 0 Å². The molecule has 0 saturated carbocycles. The molecule has 0 atom stereocenters. The summed E-state index contributed by atoms with van der Waals surface area (Å²) in [5.74, 6) is 0. The van der Waals surface area contributed by atoms with E-state index in [1.54, 1.807) is 0 Å². The van der Waals surface area contributed by atoms with E-state index in [2.05, 4.69) is 51.1 Å². The van der Waals surface area contributed by atoms with Gasteiger partial charge in [-0.2, -0.15) is 0 Å². The molecule has 0 nitrogen and oxygen atoms in total. The van der Waals surface area contributed by atoms with E-state index in [0.29, 0.717) is 0 Å². The Balaban J connectivity index is 2.74. The fourth-order valence-electron chi connectivity index (χ4n) is 2.51. The molecule has 0 N–H and O–H groups in total. The maximum absolute atomic E-state index is 3.52. The summed E-state index contributed by atoms with van der Waals surface area (Å²) < 4.78 is 0. The fourth-order valence-corrected chi connectivity index (χ4v) is 2.51. The molecule has 2 rings (SSSR count). The Bertz CT molecular complexity index is 495. The molecule has 2 aromatic carbocycles. The molecule has 0 aliphatic carbocycles. The van der Waals surface area contributed by atoms with Crippen LogP contribution in [0.2, 0.25) is 0 Å². The Morgan fingerprint density at radius 1 is 1.06 bits per heavy atom. The number of hydrogen-bond acceptors (Lipinski definition) is 0. The van der Waals surface area contributed by atoms with Crippen LogP contribution in [0.25, 0.3) is 10.8 Å². The molecule has 0 heteroatoms. The topological polar surface area (TPSA) is 0 Å². The lowest BCUT2D eigenvalue weighted by Crippen LogP contribution is -1.98. The van der Waals surface area contributed by atoms with Crippen LogP contribution in [0.5, 0.6) is 0 Å². The molecule has 0 spiro atoms. The molecule has 0 aliphatic heterocycles. The van der Waals surface area contributed by atoms with Crippen molar-refractivity contribution in [2.75, 3.05) is 0 Å². The van der Waals surface area contributed by atoms with E-state index in [4.69, 9.17) is 0 Å². The lowest BCUT2D eigenvalue weighted by molar-refractivity contribution is 0.894. The Kier molecular flexibility index (Phi) is 3.28. The molecule has 0 heterocycles. The number of benzene rings is 2. The van der Waals surface area contributed by atoms with E-state index >= 15 is 0 Å². The van der Waals surface area contributed by atoms with Crippen molar-refractivity contribution < 1.29 is 0 Å². The highest BCUT2D eigenvalue weighted by Crippen LogP contribution is 2.26. The van der Waals surface area contributed by atoms with E-state index in [9.17, 15) is 0 Å². The van der Waals surface area contributed by atoms with Crippen LogP contribution < -0.4 is 0 Å². The summed E-state index contributed by atoms with van der Waals surface area (Å²) >= 11 is 0. The number of hydrogen-bond donors (Lipinski definition) is 0. The third-order valence-electron chi connectivity index (χ3n) is 3.24. The largest absolute Gasteiger partial charge is 0.0651 e. The molecule has 0 saturated heterocycles. The second kappa shape index (κ2) is 4.69. The van der Waals surface area contributed by atoms with Gasteiger partial charge in [0.15, 0.2) is 0 Å². The van der Waals surface area contributed by atoms with E-state index in [-0.39, 0.29) is 0 Å². The summed E-state index contributed by atoms with van der Waals surface area (Å²) in [5, 5.41) is 2.65. The third kappa shape index (κ3) is 1.84. The van der Waals surface area contributed by atoms with Gasteiger partial charge in [0.25, 0.3) is 0 Å². The van der Waals surface area contributed by atoms with Crippen molar-refractivity contribution >= 4 is 10.8 Å². The Labute approximate surface area is 98.3 Å². The van der Waals surface area contributed by atoms with Crippen LogP contribution in [0.1, 0.15) is 37.0 Å². The molecule has 16 heavy (non-hydrogen) atoms. The first-order valence-electron chi connectivity index (χ1n) is 6.20. The standard InChI is InChI=1S/C16H19/c1-4-8-15-12(3)11-13-9-6-7-10-16(13)14(15)5-2/h6-7,9-10H,4-5,8H2,1-3H3. The van der Waals surface area contributed by atoms with Gasteiger partial charge in [0, 0.05) is 0 Å². The van der Waals surface area contributed by atoms with Gasteiger partial charge < -0.3 is 0 Å². The Morgan fingerprint density at radius 3 is 2.50 bits per heavy atom. The zero-order valence-electron chi connectivity index (χ0n) is 10.4. The summed E-state index contributed by atoms with van der Waals surface area (Å²) in [7, 11) is 0. The zero-order chi connectivity index (χ0) is 11.5. The molecule has 0 aliphatic rings. The molecule has 0 fully saturated rings. The monoisotopic (exact) mass is 211 g/mol. The summed E-state index contributed by atoms with van der Waals surface area (Å²) in [6.07, 6.45) is 3.50. The van der Waals surface area contributed by atoms with Crippen LogP contribution in [-0.2, 0) is 12.8 Å². The van der Waals surface area contributed by atoms with Crippen molar-refractivity contribution in [2.45, 2.75) is 40.0 Å². The highest BCUT2D eigenvalue weighted by atomic mass is 14.1. The van der Waals surface area contributed by atoms with Gasteiger partial charge >= 0.3 is 0 Å². The quantitative estimate of drug-likeness (QED) is 0.703. The number of rotatable bonds is 3. The SMILES string of the molecule is CCCc1c(C)[c]c2ccccc2c1CC. The van der Waals surface area contributed by atoms with Gasteiger partial charge in [-0.3, -0.25) is 0 Å². The molecule has 0 aromatic heterocycles. The Morgan fingerprint density at radius 2 is 1.81 bits per heavy atom. The molecular weight excluding hydrogens is 192 g/mol. The van der Waals surface area contributed by atoms with Crippen molar-refractivity contribution in [3.05, 3.63) is 47.0 Å². The third-order valence-corrected chi connectivity index (χ3v) is 3.24. The summed E-state index contributed by atoms with van der Waals surface area (Å²) in [4.78, 5) is 0. The lowest BCUT2D eigenvalue weighted by atomic mass is 9.91. The summed E-state index contributed by atoms with van der Waals surface area (Å²) in [5.41, 5.74) is 4.37. The van der Waals surface area contributed by atoms with Gasteiger partial charge in [-0.15, -0.1) is 0 Å². The van der Waals surface area contributed by atoms with Gasteiger partial charge in [0.05, 0.1) is 0 Å². The van der Waals surface area contributed by atoms with Gasteiger partial charge in [-0.25, -0.2) is 0 Å². The second-order valence-electron chi connectivity index (χ2n) is 4.36. The van der Waals surface area contributed by atoms with Gasteiger partial charge in [0.1, 0.15) is 0 Å². The minimum absolute atomic E-state index is 1.12. The van der Waals surface area contributed by atoms with Crippen LogP contribution in [-0.4, -0.2) is 0 Å². The van der Waals surface area contributed by atoms with Crippen LogP contribution in [0.4, 0.5) is 0 Å². The average molecular weight is 211 g/mol. The number of fused-ring (bicyclic) bond motifs is 1. The molecule has 2 aromatic rings. The van der Waals surface area contributed by atoms with Crippen molar-refractivity contribution in [1.82, 2.24) is 0 Å². The van der Waals surface area contributed by atoms with Crippen LogP contribution >= 0.6 is 0 Å². The van der Waals surface area contributed by atoms with Crippen molar-refractivity contribution in [1.29, 1.82) is 0 Å². The Hall–Kier alpha value is -1.30. The van der Waals surface area contributed by atoms with Crippen LogP contribution in [0.3, 0.4) is 0 Å². The minimum Gasteiger partial charge on any atom is -0.0651 e. The van der Waals surface area contributed by atoms with E-state index in [1.165, 1.54) is 40.3 Å². The predicted molar refractivity (Wildman–Crippen MR) is 70.9 cm³/mol. The molecular formula is C16H19. The first-order chi connectivity index (χ1) is 7.77. The number of aryl methyl sites for hydroxylation is 2. The smallest absolute Gasteiger partial charge is 0.00642 e. The normalized spacial score (nSPS) is 10.9. The molecule has 83 valence electrons. The summed E-state index contributed by atoms with van der Waals surface area (Å²) in [6.45, 7) is 6.69. The highest BCUT2D eigenvalue weighted by molar-refractivity contribution is 5.87. The predicted octanol–water partition coefficient (Wildman–Crippen LogP) is 4.46. The van der Waals surface area contributed by atoms with Crippen molar-refractivity contribution in [3.8, 4) is 0 Å².